The molecular formula is C60H49N3OSi+2. The molecule has 0 amide bonds. The second-order valence-electron chi connectivity index (χ2n) is 19.6. The first-order valence-corrected chi connectivity index (χ1v) is 26.6. The highest BCUT2D eigenvalue weighted by atomic mass is 28.3. The van der Waals surface area contributed by atoms with E-state index in [1.54, 1.807) is 0 Å². The zero-order valence-corrected chi connectivity index (χ0v) is 38.4. The van der Waals surface area contributed by atoms with Gasteiger partial charge in [-0.05, 0) is 82.9 Å². The van der Waals surface area contributed by atoms with E-state index in [1.165, 1.54) is 71.7 Å². The fraction of sp³-hybridized carbons (Fsp3) is 0.133. The maximum Gasteiger partial charge on any atom is 0.364 e. The lowest BCUT2D eigenvalue weighted by Crippen LogP contribution is -2.72. The van der Waals surface area contributed by atoms with Crippen LogP contribution in [0.4, 0.5) is 0 Å². The van der Waals surface area contributed by atoms with E-state index in [0.29, 0.717) is 5.92 Å². The lowest BCUT2D eigenvalue weighted by molar-refractivity contribution is -0.944. The molecule has 0 saturated carbocycles. The van der Waals surface area contributed by atoms with Gasteiger partial charge in [-0.15, -0.1) is 9.13 Å². The molecular weight excluding hydrogens is 807 g/mol. The molecule has 4 nitrogen and oxygen atoms in total. The Morgan fingerprint density at radius 1 is 0.600 bits per heavy atom. The van der Waals surface area contributed by atoms with E-state index in [-0.39, 0.29) is 0 Å². The molecule has 1 unspecified atom stereocenters. The van der Waals surface area contributed by atoms with Gasteiger partial charge >= 0.3 is 11.5 Å². The number of benzene rings is 8. The summed E-state index contributed by atoms with van der Waals surface area (Å²) in [7, 11) is -1.90. The van der Waals surface area contributed by atoms with Crippen LogP contribution in [0.5, 0.6) is 0 Å². The molecule has 0 N–H and O–H groups in total. The van der Waals surface area contributed by atoms with Gasteiger partial charge in [0.15, 0.2) is 22.8 Å². The molecule has 65 heavy (non-hydrogen) atoms. The largest absolute Gasteiger partial charge is 0.455 e. The first kappa shape index (κ1) is 38.1. The van der Waals surface area contributed by atoms with Crippen LogP contribution in [-0.2, 0) is 12.1 Å². The number of nitrogens with zero attached hydrogens (tertiary/aromatic N) is 3. The third-order valence-corrected chi connectivity index (χ3v) is 16.3. The third kappa shape index (κ3) is 5.24. The first-order chi connectivity index (χ1) is 31.7. The number of imidazole rings is 1. The summed E-state index contributed by atoms with van der Waals surface area (Å²) < 4.78 is 15.3. The highest BCUT2D eigenvalue weighted by molar-refractivity contribution is 6.89. The van der Waals surface area contributed by atoms with Crippen LogP contribution in [0.2, 0.25) is 19.6 Å². The molecule has 1 atom stereocenters. The molecule has 0 aliphatic carbocycles. The van der Waals surface area contributed by atoms with E-state index in [0.717, 1.165) is 51.0 Å². The minimum Gasteiger partial charge on any atom is -0.455 e. The molecule has 312 valence electrons. The van der Waals surface area contributed by atoms with Crippen molar-refractivity contribution >= 4 is 57.0 Å². The van der Waals surface area contributed by atoms with Gasteiger partial charge in [-0.3, -0.25) is 0 Å². The fourth-order valence-electron chi connectivity index (χ4n) is 11.6. The summed E-state index contributed by atoms with van der Waals surface area (Å²) in [6, 6.07) is 67.4. The van der Waals surface area contributed by atoms with Gasteiger partial charge < -0.3 is 4.42 Å². The number of hydrogen-bond acceptors (Lipinski definition) is 1. The van der Waals surface area contributed by atoms with Crippen LogP contribution in [0.1, 0.15) is 30.5 Å². The number of pyridine rings is 1. The smallest absolute Gasteiger partial charge is 0.364 e. The summed E-state index contributed by atoms with van der Waals surface area (Å²) in [5.41, 5.74) is 16.8. The zero-order chi connectivity index (χ0) is 43.8. The number of furan rings is 1. The van der Waals surface area contributed by atoms with Crippen LogP contribution in [0.3, 0.4) is 0 Å². The zero-order valence-electron chi connectivity index (χ0n) is 37.4. The monoisotopic (exact) mass is 855 g/mol. The summed E-state index contributed by atoms with van der Waals surface area (Å²) in [6.07, 6.45) is 3.63. The minimum absolute atomic E-state index is 0.529. The molecule has 5 heterocycles. The van der Waals surface area contributed by atoms with Crippen molar-refractivity contribution in [3.8, 4) is 50.6 Å². The average molecular weight is 856 g/mol. The minimum atomic E-state index is -1.90. The Bertz CT molecular complexity index is 3700. The van der Waals surface area contributed by atoms with Crippen LogP contribution >= 0.6 is 0 Å². The van der Waals surface area contributed by atoms with E-state index in [2.05, 4.69) is 235 Å². The van der Waals surface area contributed by atoms with Gasteiger partial charge in [-0.25, -0.2) is 0 Å². The number of para-hydroxylation sites is 2. The first-order valence-electron chi connectivity index (χ1n) is 23.1. The molecule has 0 radical (unpaired) electrons. The highest BCUT2D eigenvalue weighted by Gasteiger charge is 2.67. The number of aromatic nitrogens is 3. The van der Waals surface area contributed by atoms with Crippen LogP contribution in [0, 0.1) is 5.92 Å². The molecule has 0 bridgehead atoms. The second-order valence-corrected chi connectivity index (χ2v) is 24.6. The SMILES string of the molecule is CC(C)Cc1cc2[n+](cc1[Si](C)(C)C)C1(c3ccccc3-2)c2ccc3c(oc4ccccc43)c2-c2n(-c3c(-c4ccccc4)cccc3-c3ccccc3)c3ccc4ccccc4c3[n+]21. The van der Waals surface area contributed by atoms with E-state index in [1.807, 2.05) is 0 Å². The van der Waals surface area contributed by atoms with Crippen LogP contribution in [0.15, 0.2) is 193 Å². The summed E-state index contributed by atoms with van der Waals surface area (Å²) in [6.45, 7) is 12.2. The molecule has 13 rings (SSSR count). The van der Waals surface area contributed by atoms with Crippen LogP contribution in [0.25, 0.3) is 94.3 Å². The van der Waals surface area contributed by atoms with E-state index in [9.17, 15) is 0 Å². The molecule has 3 aromatic heterocycles. The molecule has 2 aliphatic heterocycles. The molecule has 11 aromatic rings. The maximum absolute atomic E-state index is 7.25. The lowest BCUT2D eigenvalue weighted by atomic mass is 9.88. The van der Waals surface area contributed by atoms with Crippen molar-refractivity contribution in [3.63, 3.8) is 0 Å². The van der Waals surface area contributed by atoms with E-state index in [4.69, 9.17) is 4.42 Å². The summed E-state index contributed by atoms with van der Waals surface area (Å²) in [5, 5.41) is 6.18. The van der Waals surface area contributed by atoms with Crippen LogP contribution < -0.4 is 14.3 Å². The Balaban J connectivity index is 1.31. The van der Waals surface area contributed by atoms with Crippen molar-refractivity contribution in [2.24, 2.45) is 5.92 Å². The van der Waals surface area contributed by atoms with Crippen molar-refractivity contribution in [2.75, 3.05) is 0 Å². The highest BCUT2D eigenvalue weighted by Crippen LogP contribution is 2.54. The molecule has 1 spiro atoms. The Morgan fingerprint density at radius 3 is 1.97 bits per heavy atom. The Morgan fingerprint density at radius 2 is 1.25 bits per heavy atom. The maximum atomic E-state index is 7.25. The number of rotatable bonds is 6. The van der Waals surface area contributed by atoms with Crippen molar-refractivity contribution in [2.45, 2.75) is 45.6 Å². The Labute approximate surface area is 380 Å². The topological polar surface area (TPSA) is 25.8 Å². The second kappa shape index (κ2) is 13.8. The normalized spacial score (nSPS) is 15.1. The lowest BCUT2D eigenvalue weighted by Gasteiger charge is -2.24. The molecule has 0 saturated heterocycles. The van der Waals surface area contributed by atoms with Gasteiger partial charge in [0, 0.05) is 38.5 Å². The predicted octanol–water partition coefficient (Wildman–Crippen LogP) is 13.6. The Hall–Kier alpha value is -7.34. The molecule has 0 fully saturated rings. The third-order valence-electron chi connectivity index (χ3n) is 14.2. The molecule has 8 aromatic carbocycles. The quantitative estimate of drug-likeness (QED) is 0.121. The van der Waals surface area contributed by atoms with Gasteiger partial charge in [0.1, 0.15) is 16.8 Å². The van der Waals surface area contributed by atoms with Crippen molar-refractivity contribution in [3.05, 3.63) is 205 Å². The van der Waals surface area contributed by atoms with Crippen molar-refractivity contribution in [1.82, 2.24) is 4.57 Å². The summed E-state index contributed by atoms with van der Waals surface area (Å²) in [4.78, 5) is 0. The van der Waals surface area contributed by atoms with Crippen LogP contribution in [-0.4, -0.2) is 12.6 Å². The molecule has 5 heteroatoms. The summed E-state index contributed by atoms with van der Waals surface area (Å²) in [5.74, 6) is 1.63. The van der Waals surface area contributed by atoms with Crippen molar-refractivity contribution < 1.29 is 13.6 Å². The van der Waals surface area contributed by atoms with E-state index < -0.39 is 13.7 Å². The fourth-order valence-corrected chi connectivity index (χ4v) is 13.3. The van der Waals surface area contributed by atoms with Gasteiger partial charge in [0.25, 0.3) is 0 Å². The van der Waals surface area contributed by atoms with Gasteiger partial charge in [0.2, 0.25) is 5.69 Å². The van der Waals surface area contributed by atoms with Gasteiger partial charge in [-0.1, -0.05) is 161 Å². The van der Waals surface area contributed by atoms with E-state index >= 15 is 0 Å². The average Bonchev–Trinajstić information content (AvgIpc) is 4.04. The van der Waals surface area contributed by atoms with Gasteiger partial charge in [-0.2, -0.15) is 4.57 Å². The van der Waals surface area contributed by atoms with Gasteiger partial charge in [0.05, 0.1) is 24.8 Å². The number of fused-ring (bicyclic) bond motifs is 18. The number of hydrogen-bond donors (Lipinski definition) is 0. The predicted molar refractivity (Wildman–Crippen MR) is 270 cm³/mol. The van der Waals surface area contributed by atoms with Crippen molar-refractivity contribution in [1.29, 1.82) is 0 Å². The Kier molecular flexibility index (Phi) is 8.12. The standard InChI is InChI=1S/C60H49N3OSi/c1-38(2)35-42-36-52-48-26-14-16-29-49(48)60(61(52)37-54(42)65(3,4)5)50-33-32-47-46-25-15-17-30-53(46)64-58(47)55(50)59-62(51-34-31-41-23-12-13-24-45(41)57(51)63(59)60)56-43(39-19-8-6-9-20-39)27-18-28-44(56)40-21-10-7-11-22-40/h6-34,36-38H,35H2,1-5H3/q+2. The summed E-state index contributed by atoms with van der Waals surface area (Å²) >= 11 is 0. The molecule has 2 aliphatic rings.